The first kappa shape index (κ1) is 26.3. The van der Waals surface area contributed by atoms with Crippen LogP contribution in [0.3, 0.4) is 0 Å². The van der Waals surface area contributed by atoms with Gasteiger partial charge >= 0.3 is 6.03 Å². The normalized spacial score (nSPS) is 11.5. The number of hydrogen-bond acceptors (Lipinski definition) is 3. The van der Waals surface area contributed by atoms with E-state index in [1.165, 1.54) is 0 Å². The number of hydrogen-bond donors (Lipinski definition) is 2. The van der Waals surface area contributed by atoms with E-state index in [-0.39, 0.29) is 23.0 Å². The predicted octanol–water partition coefficient (Wildman–Crippen LogP) is 4.99. The standard InChI is InChI=1S/C24H24Br2FN3O3S/c1-30(24(31)29-15-18-14-22(34(28,32)33)10-11-23(18)27)21(12-16-2-6-19(25)7-3-16)13-17-4-8-20(26)9-5-17/h2-11,14,21H,12-13,15H2,1H3,(H,29,31)(H2,28,32,33). The number of sulfonamides is 1. The summed E-state index contributed by atoms with van der Waals surface area (Å²) in [4.78, 5) is 14.3. The fourth-order valence-corrected chi connectivity index (χ4v) is 4.55. The largest absolute Gasteiger partial charge is 0.334 e. The molecular formula is C24H24Br2FN3O3S. The Labute approximate surface area is 215 Å². The molecule has 10 heteroatoms. The molecule has 2 amide bonds. The minimum Gasteiger partial charge on any atom is -0.334 e. The van der Waals surface area contributed by atoms with E-state index in [0.29, 0.717) is 12.8 Å². The van der Waals surface area contributed by atoms with Crippen LogP contribution < -0.4 is 10.5 Å². The first-order chi connectivity index (χ1) is 16.0. The van der Waals surface area contributed by atoms with Crippen LogP contribution in [0.15, 0.2) is 80.6 Å². The number of nitrogens with one attached hydrogen (secondary N) is 1. The zero-order chi connectivity index (χ0) is 24.9. The van der Waals surface area contributed by atoms with E-state index in [2.05, 4.69) is 37.2 Å². The average molecular weight is 613 g/mol. The van der Waals surface area contributed by atoms with Gasteiger partial charge in [-0.05, 0) is 66.4 Å². The van der Waals surface area contributed by atoms with E-state index in [9.17, 15) is 17.6 Å². The molecular weight excluding hydrogens is 589 g/mol. The van der Waals surface area contributed by atoms with Gasteiger partial charge in [-0.15, -0.1) is 0 Å². The van der Waals surface area contributed by atoms with Crippen LogP contribution in [0.25, 0.3) is 0 Å². The third-order valence-electron chi connectivity index (χ3n) is 5.41. The quantitative estimate of drug-likeness (QED) is 0.375. The maximum Gasteiger partial charge on any atom is 0.317 e. The highest BCUT2D eigenvalue weighted by Crippen LogP contribution is 2.19. The van der Waals surface area contributed by atoms with Crippen LogP contribution in [-0.2, 0) is 29.4 Å². The fourth-order valence-electron chi connectivity index (χ4n) is 3.46. The van der Waals surface area contributed by atoms with Crippen LogP contribution in [0.5, 0.6) is 0 Å². The van der Waals surface area contributed by atoms with Gasteiger partial charge in [0.1, 0.15) is 5.82 Å². The first-order valence-electron chi connectivity index (χ1n) is 10.3. The van der Waals surface area contributed by atoms with Crippen molar-refractivity contribution in [3.63, 3.8) is 0 Å². The molecule has 0 aliphatic heterocycles. The van der Waals surface area contributed by atoms with Gasteiger partial charge in [-0.3, -0.25) is 0 Å². The third kappa shape index (κ3) is 7.36. The molecule has 0 saturated carbocycles. The number of carbonyl (C=O) groups is 1. The second kappa shape index (κ2) is 11.4. The van der Waals surface area contributed by atoms with Crippen LogP contribution in [0.1, 0.15) is 16.7 Å². The molecule has 0 radical (unpaired) electrons. The van der Waals surface area contributed by atoms with E-state index in [0.717, 1.165) is 38.3 Å². The van der Waals surface area contributed by atoms with E-state index >= 15 is 0 Å². The maximum atomic E-state index is 14.2. The predicted molar refractivity (Wildman–Crippen MR) is 137 cm³/mol. The molecule has 180 valence electrons. The van der Waals surface area contributed by atoms with Crippen LogP contribution in [0, 0.1) is 5.82 Å². The Balaban J connectivity index is 1.76. The Bertz CT molecular complexity index is 1210. The van der Waals surface area contributed by atoms with E-state index < -0.39 is 21.9 Å². The monoisotopic (exact) mass is 611 g/mol. The Kier molecular flexibility index (Phi) is 8.86. The third-order valence-corrected chi connectivity index (χ3v) is 7.38. The van der Waals surface area contributed by atoms with Crippen LogP contribution in [0.4, 0.5) is 9.18 Å². The van der Waals surface area contributed by atoms with Crippen molar-refractivity contribution < 1.29 is 17.6 Å². The summed E-state index contributed by atoms with van der Waals surface area (Å²) in [5.41, 5.74) is 2.17. The highest BCUT2D eigenvalue weighted by Gasteiger charge is 2.22. The summed E-state index contributed by atoms with van der Waals surface area (Å²) >= 11 is 6.87. The van der Waals surface area contributed by atoms with Gasteiger partial charge < -0.3 is 10.2 Å². The molecule has 0 atom stereocenters. The molecule has 3 aromatic carbocycles. The number of nitrogens with two attached hydrogens (primary N) is 1. The summed E-state index contributed by atoms with van der Waals surface area (Å²) in [6, 6.07) is 18.5. The van der Waals surface area contributed by atoms with Gasteiger partial charge in [-0.1, -0.05) is 56.1 Å². The highest BCUT2D eigenvalue weighted by molar-refractivity contribution is 9.10. The van der Waals surface area contributed by atoms with Crippen LogP contribution >= 0.6 is 31.9 Å². The molecule has 6 nitrogen and oxygen atoms in total. The number of primary sulfonamides is 1. The van der Waals surface area contributed by atoms with Crippen molar-refractivity contribution in [2.45, 2.75) is 30.3 Å². The number of nitrogens with zero attached hydrogens (tertiary/aromatic N) is 1. The molecule has 3 rings (SSSR count). The zero-order valence-electron chi connectivity index (χ0n) is 18.3. The van der Waals surface area contributed by atoms with E-state index in [4.69, 9.17) is 5.14 Å². The highest BCUT2D eigenvalue weighted by atomic mass is 79.9. The van der Waals surface area contributed by atoms with Crippen LogP contribution in [-0.4, -0.2) is 32.4 Å². The summed E-state index contributed by atoms with van der Waals surface area (Å²) in [5.74, 6) is -0.628. The minimum atomic E-state index is -3.98. The van der Waals surface area contributed by atoms with Gasteiger partial charge in [0.05, 0.1) is 4.90 Å². The van der Waals surface area contributed by atoms with Crippen molar-refractivity contribution in [2.75, 3.05) is 7.05 Å². The van der Waals surface area contributed by atoms with Crippen molar-refractivity contribution >= 4 is 47.9 Å². The second-order valence-corrected chi connectivity index (χ2v) is 11.3. The molecule has 0 saturated heterocycles. The number of carbonyl (C=O) groups excluding carboxylic acids is 1. The lowest BCUT2D eigenvalue weighted by Crippen LogP contribution is -2.45. The van der Waals surface area contributed by atoms with Gasteiger partial charge in [0.25, 0.3) is 0 Å². The maximum absolute atomic E-state index is 14.2. The lowest BCUT2D eigenvalue weighted by Gasteiger charge is -2.29. The summed E-state index contributed by atoms with van der Waals surface area (Å²) in [5, 5.41) is 7.82. The molecule has 0 aliphatic rings. The van der Waals surface area contributed by atoms with Gasteiger partial charge in [-0.25, -0.2) is 22.7 Å². The molecule has 0 spiro atoms. The number of halogens is 3. The molecule has 0 fully saturated rings. The molecule has 0 heterocycles. The van der Waals surface area contributed by atoms with Gasteiger partial charge in [0, 0.05) is 34.1 Å². The number of rotatable bonds is 8. The Morgan fingerprint density at radius 1 is 0.971 bits per heavy atom. The first-order valence-corrected chi connectivity index (χ1v) is 13.5. The van der Waals surface area contributed by atoms with E-state index in [1.807, 2.05) is 48.5 Å². The van der Waals surface area contributed by atoms with Gasteiger partial charge in [0.2, 0.25) is 10.0 Å². The molecule has 3 N–H and O–H groups in total. The molecule has 3 aromatic rings. The topological polar surface area (TPSA) is 92.5 Å². The SMILES string of the molecule is CN(C(=O)NCc1cc(S(N)(=O)=O)ccc1F)C(Cc1ccc(Br)cc1)Cc1ccc(Br)cc1. The van der Waals surface area contributed by atoms with Crippen molar-refractivity contribution in [3.8, 4) is 0 Å². The number of urea groups is 1. The van der Waals surface area contributed by atoms with Crippen molar-refractivity contribution in [2.24, 2.45) is 5.14 Å². The smallest absolute Gasteiger partial charge is 0.317 e. The minimum absolute atomic E-state index is 0.0330. The summed E-state index contributed by atoms with van der Waals surface area (Å²) in [6.07, 6.45) is 1.23. The lowest BCUT2D eigenvalue weighted by molar-refractivity contribution is 0.188. The summed E-state index contributed by atoms with van der Waals surface area (Å²) in [7, 11) is -2.29. The van der Waals surface area contributed by atoms with Crippen molar-refractivity contribution in [3.05, 3.63) is 98.2 Å². The summed E-state index contributed by atoms with van der Waals surface area (Å²) in [6.45, 7) is -0.179. The Hall–Kier alpha value is -2.27. The second-order valence-electron chi connectivity index (χ2n) is 7.88. The summed E-state index contributed by atoms with van der Waals surface area (Å²) < 4.78 is 39.3. The number of likely N-dealkylation sites (N-methyl/N-ethyl adjacent to an activating group) is 1. The van der Waals surface area contributed by atoms with Gasteiger partial charge in [-0.2, -0.15) is 0 Å². The van der Waals surface area contributed by atoms with Crippen molar-refractivity contribution in [1.29, 1.82) is 0 Å². The van der Waals surface area contributed by atoms with Gasteiger partial charge in [0.15, 0.2) is 0 Å². The Morgan fingerprint density at radius 3 is 1.94 bits per heavy atom. The van der Waals surface area contributed by atoms with Crippen LogP contribution in [0.2, 0.25) is 0 Å². The number of amides is 2. The molecule has 34 heavy (non-hydrogen) atoms. The van der Waals surface area contributed by atoms with Crippen molar-refractivity contribution in [1.82, 2.24) is 10.2 Å². The molecule has 0 aromatic heterocycles. The average Bonchev–Trinajstić information content (AvgIpc) is 2.79. The Morgan fingerprint density at radius 2 is 1.47 bits per heavy atom. The lowest BCUT2D eigenvalue weighted by atomic mass is 9.98. The van der Waals surface area contributed by atoms with E-state index in [1.54, 1.807) is 11.9 Å². The molecule has 0 bridgehead atoms. The number of benzene rings is 3. The zero-order valence-corrected chi connectivity index (χ0v) is 22.3. The fraction of sp³-hybridized carbons (Fsp3) is 0.208. The molecule has 0 aliphatic carbocycles. The molecule has 0 unspecified atom stereocenters.